The van der Waals surface area contributed by atoms with Crippen LogP contribution in [0.15, 0.2) is 36.4 Å². The molecule has 1 aliphatic rings. The Morgan fingerprint density at radius 2 is 1.65 bits per heavy atom. The summed E-state index contributed by atoms with van der Waals surface area (Å²) in [5.74, 6) is 0.401. The standard InChI is InChI=1S/C31H40N4O6.C2H6/c1-19-16-21(39-15-13-32-28(37)40-30(2,3)4)9-11-24(19)34-27(36)20-8-10-22-23-12-14-35(29(38)41-31(5,6)7)18-26(23)33-25(22)17-20;1-2/h8-11,16-17,33H,12-15,18H2,1-7H3,(H,32,37)(H,34,36);1-2H3. The highest BCUT2D eigenvalue weighted by Crippen LogP contribution is 2.30. The molecule has 4 rings (SSSR count). The summed E-state index contributed by atoms with van der Waals surface area (Å²) in [7, 11) is 0. The van der Waals surface area contributed by atoms with E-state index in [-0.39, 0.29) is 18.6 Å². The zero-order chi connectivity index (χ0) is 31.9. The van der Waals surface area contributed by atoms with Gasteiger partial charge in [-0.25, -0.2) is 9.59 Å². The van der Waals surface area contributed by atoms with Crippen LogP contribution in [0.1, 0.15) is 82.6 Å². The Bertz CT molecular complexity index is 1450. The maximum atomic E-state index is 13.1. The number of nitrogens with one attached hydrogen (secondary N) is 3. The predicted molar refractivity (Wildman–Crippen MR) is 169 cm³/mol. The van der Waals surface area contributed by atoms with E-state index in [9.17, 15) is 14.4 Å². The van der Waals surface area contributed by atoms with Crippen LogP contribution in [0.4, 0.5) is 15.3 Å². The lowest BCUT2D eigenvalue weighted by atomic mass is 10.0. The molecule has 234 valence electrons. The van der Waals surface area contributed by atoms with Crippen LogP contribution in [-0.2, 0) is 22.4 Å². The highest BCUT2D eigenvalue weighted by Gasteiger charge is 2.28. The van der Waals surface area contributed by atoms with Gasteiger partial charge in [-0.3, -0.25) is 4.79 Å². The van der Waals surface area contributed by atoms with Gasteiger partial charge in [-0.2, -0.15) is 0 Å². The van der Waals surface area contributed by atoms with E-state index in [2.05, 4.69) is 15.6 Å². The highest BCUT2D eigenvalue weighted by molar-refractivity contribution is 6.06. The van der Waals surface area contributed by atoms with Gasteiger partial charge in [0, 0.05) is 34.4 Å². The lowest BCUT2D eigenvalue weighted by molar-refractivity contribution is 0.0221. The Morgan fingerprint density at radius 1 is 0.953 bits per heavy atom. The van der Waals surface area contributed by atoms with E-state index in [0.29, 0.717) is 43.1 Å². The van der Waals surface area contributed by atoms with E-state index in [1.807, 2.05) is 65.8 Å². The largest absolute Gasteiger partial charge is 0.492 e. The van der Waals surface area contributed by atoms with Gasteiger partial charge in [0.2, 0.25) is 0 Å². The Labute approximate surface area is 254 Å². The highest BCUT2D eigenvalue weighted by atomic mass is 16.6. The number of rotatable bonds is 6. The van der Waals surface area contributed by atoms with Crippen LogP contribution < -0.4 is 15.4 Å². The number of aromatic amines is 1. The summed E-state index contributed by atoms with van der Waals surface area (Å²) in [5.41, 5.74) is 3.92. The molecule has 2 aromatic carbocycles. The molecule has 2 heterocycles. The minimum absolute atomic E-state index is 0.229. The normalized spacial score (nSPS) is 12.9. The number of benzene rings is 2. The SMILES string of the molecule is CC.Cc1cc(OCCNC(=O)OC(C)(C)C)ccc1NC(=O)c1ccc2c3c([nH]c2c1)CN(C(=O)OC(C)(C)C)CC3. The number of fused-ring (bicyclic) bond motifs is 3. The van der Waals surface area contributed by atoms with Crippen molar-refractivity contribution in [1.29, 1.82) is 0 Å². The van der Waals surface area contributed by atoms with Gasteiger partial charge >= 0.3 is 12.2 Å². The smallest absolute Gasteiger partial charge is 0.410 e. The molecular weight excluding hydrogens is 548 g/mol. The zero-order valence-electron chi connectivity index (χ0n) is 26.9. The molecule has 0 radical (unpaired) electrons. The van der Waals surface area contributed by atoms with Crippen molar-refractivity contribution in [2.45, 2.75) is 86.5 Å². The van der Waals surface area contributed by atoms with Gasteiger partial charge < -0.3 is 34.7 Å². The van der Waals surface area contributed by atoms with Crippen molar-refractivity contribution >= 4 is 34.7 Å². The molecule has 0 aliphatic carbocycles. The summed E-state index contributed by atoms with van der Waals surface area (Å²) in [6, 6.07) is 11.0. The molecule has 0 saturated heterocycles. The lowest BCUT2D eigenvalue weighted by Crippen LogP contribution is -2.39. The van der Waals surface area contributed by atoms with Crippen molar-refractivity contribution in [3.8, 4) is 5.75 Å². The molecule has 0 atom stereocenters. The number of alkyl carbamates (subject to hydrolysis) is 1. The van der Waals surface area contributed by atoms with E-state index >= 15 is 0 Å². The first kappa shape index (κ1) is 33.3. The molecule has 0 fully saturated rings. The van der Waals surface area contributed by atoms with E-state index < -0.39 is 17.3 Å². The fourth-order valence-corrected chi connectivity index (χ4v) is 4.57. The summed E-state index contributed by atoms with van der Waals surface area (Å²) < 4.78 is 16.5. The van der Waals surface area contributed by atoms with Crippen molar-refractivity contribution in [1.82, 2.24) is 15.2 Å². The van der Waals surface area contributed by atoms with Gasteiger partial charge in [0.1, 0.15) is 23.6 Å². The van der Waals surface area contributed by atoms with Gasteiger partial charge in [0.25, 0.3) is 5.91 Å². The molecule has 0 unspecified atom stereocenters. The average molecular weight is 595 g/mol. The van der Waals surface area contributed by atoms with Crippen molar-refractivity contribution in [2.24, 2.45) is 0 Å². The molecule has 1 aromatic heterocycles. The number of carbonyl (C=O) groups is 3. The number of nitrogens with zero attached hydrogens (tertiary/aromatic N) is 1. The topological polar surface area (TPSA) is 122 Å². The number of H-pyrrole nitrogens is 1. The minimum atomic E-state index is -0.555. The Kier molecular flexibility index (Phi) is 10.7. The van der Waals surface area contributed by atoms with Crippen molar-refractivity contribution in [3.63, 3.8) is 0 Å². The van der Waals surface area contributed by atoms with Gasteiger partial charge in [0.05, 0.1) is 13.1 Å². The Morgan fingerprint density at radius 3 is 2.30 bits per heavy atom. The molecule has 3 N–H and O–H groups in total. The molecule has 1 aliphatic heterocycles. The summed E-state index contributed by atoms with van der Waals surface area (Å²) in [6.07, 6.45) is -0.105. The fraction of sp³-hybridized carbons (Fsp3) is 0.485. The van der Waals surface area contributed by atoms with E-state index in [0.717, 1.165) is 22.2 Å². The number of anilines is 1. The third kappa shape index (κ3) is 9.39. The first-order chi connectivity index (χ1) is 20.2. The van der Waals surface area contributed by atoms with Crippen LogP contribution >= 0.6 is 0 Å². The maximum absolute atomic E-state index is 13.1. The minimum Gasteiger partial charge on any atom is -0.492 e. The van der Waals surface area contributed by atoms with Crippen LogP contribution in [0.25, 0.3) is 10.9 Å². The van der Waals surface area contributed by atoms with Gasteiger partial charge in [-0.15, -0.1) is 0 Å². The first-order valence-electron chi connectivity index (χ1n) is 14.8. The van der Waals surface area contributed by atoms with Crippen molar-refractivity contribution < 1.29 is 28.6 Å². The molecule has 3 amide bonds. The second-order valence-electron chi connectivity index (χ2n) is 12.2. The third-order valence-corrected chi connectivity index (χ3v) is 6.37. The van der Waals surface area contributed by atoms with Crippen LogP contribution in [0.5, 0.6) is 5.75 Å². The zero-order valence-corrected chi connectivity index (χ0v) is 26.9. The summed E-state index contributed by atoms with van der Waals surface area (Å²) >= 11 is 0. The molecule has 43 heavy (non-hydrogen) atoms. The Balaban J connectivity index is 0.00000248. The monoisotopic (exact) mass is 594 g/mol. The average Bonchev–Trinajstić information content (AvgIpc) is 3.29. The summed E-state index contributed by atoms with van der Waals surface area (Å²) in [4.78, 5) is 42.5. The number of aryl methyl sites for hydroxylation is 1. The van der Waals surface area contributed by atoms with Gasteiger partial charge in [-0.1, -0.05) is 19.9 Å². The molecule has 3 aromatic rings. The lowest BCUT2D eigenvalue weighted by Gasteiger charge is -2.30. The summed E-state index contributed by atoms with van der Waals surface area (Å²) in [5, 5.41) is 6.69. The van der Waals surface area contributed by atoms with Crippen molar-refractivity contribution in [2.75, 3.05) is 25.0 Å². The number of carbonyl (C=O) groups excluding carboxylic acids is 3. The maximum Gasteiger partial charge on any atom is 0.410 e. The number of hydrogen-bond acceptors (Lipinski definition) is 6. The van der Waals surface area contributed by atoms with Crippen LogP contribution in [-0.4, -0.2) is 58.9 Å². The molecule has 0 bridgehead atoms. The predicted octanol–water partition coefficient (Wildman–Crippen LogP) is 6.95. The van der Waals surface area contributed by atoms with Crippen LogP contribution in [0.2, 0.25) is 0 Å². The second kappa shape index (κ2) is 13.8. The van der Waals surface area contributed by atoms with E-state index in [1.165, 1.54) is 5.56 Å². The molecule has 10 nitrogen and oxygen atoms in total. The Hall–Kier alpha value is -4.21. The summed E-state index contributed by atoms with van der Waals surface area (Å²) in [6.45, 7) is 18.5. The molecular formula is C33H46N4O6. The second-order valence-corrected chi connectivity index (χ2v) is 12.2. The third-order valence-electron chi connectivity index (χ3n) is 6.37. The number of amides is 3. The molecule has 0 spiro atoms. The van der Waals surface area contributed by atoms with E-state index in [4.69, 9.17) is 14.2 Å². The van der Waals surface area contributed by atoms with E-state index in [1.54, 1.807) is 37.8 Å². The quantitative estimate of drug-likeness (QED) is 0.266. The van der Waals surface area contributed by atoms with Gasteiger partial charge in [-0.05, 0) is 96.3 Å². The molecule has 10 heteroatoms. The van der Waals surface area contributed by atoms with Crippen LogP contribution in [0.3, 0.4) is 0 Å². The number of ether oxygens (including phenoxy) is 3. The first-order valence-corrected chi connectivity index (χ1v) is 14.8. The number of aromatic nitrogens is 1. The van der Waals surface area contributed by atoms with Crippen LogP contribution in [0, 0.1) is 6.92 Å². The molecule has 0 saturated carbocycles. The van der Waals surface area contributed by atoms with Gasteiger partial charge in [0.15, 0.2) is 0 Å². The fourth-order valence-electron chi connectivity index (χ4n) is 4.57. The van der Waals surface area contributed by atoms with Crippen molar-refractivity contribution in [3.05, 3.63) is 58.8 Å². The number of hydrogen-bond donors (Lipinski definition) is 3.